The van der Waals surface area contributed by atoms with E-state index in [0.717, 1.165) is 25.8 Å². The molecule has 1 saturated heterocycles. The molecule has 3 heterocycles. The fourth-order valence-electron chi connectivity index (χ4n) is 2.80. The van der Waals surface area contributed by atoms with Crippen molar-refractivity contribution in [2.75, 3.05) is 6.54 Å². The predicted molar refractivity (Wildman–Crippen MR) is 85.5 cm³/mol. The first kappa shape index (κ1) is 15.1. The van der Waals surface area contributed by atoms with E-state index in [1.165, 1.54) is 11.3 Å². The van der Waals surface area contributed by atoms with E-state index < -0.39 is 0 Å². The lowest BCUT2D eigenvalue weighted by atomic mass is 9.96. The van der Waals surface area contributed by atoms with Gasteiger partial charge in [0.1, 0.15) is 16.4 Å². The lowest BCUT2D eigenvalue weighted by molar-refractivity contribution is 0.0578. The standard InChI is InChI=1S/C15H19N5OS/c1-10(16)13-4-2-3-7-20(13)15(21)12-9-22-14(19-12)11-8-17-5-6-18-11/h5-6,8-10,13H,2-4,7,16H2,1H3. The molecule has 0 radical (unpaired) electrons. The van der Waals surface area contributed by atoms with Gasteiger partial charge in [0.15, 0.2) is 0 Å². The van der Waals surface area contributed by atoms with Gasteiger partial charge in [-0.05, 0) is 26.2 Å². The smallest absolute Gasteiger partial charge is 0.273 e. The van der Waals surface area contributed by atoms with Gasteiger partial charge < -0.3 is 10.6 Å². The summed E-state index contributed by atoms with van der Waals surface area (Å²) in [6, 6.07) is 0.0743. The topological polar surface area (TPSA) is 85.0 Å². The monoisotopic (exact) mass is 317 g/mol. The molecule has 2 aromatic rings. The minimum Gasteiger partial charge on any atom is -0.333 e. The van der Waals surface area contributed by atoms with Crippen LogP contribution in [0.25, 0.3) is 10.7 Å². The Bertz CT molecular complexity index is 642. The van der Waals surface area contributed by atoms with Crippen LogP contribution in [0.15, 0.2) is 24.0 Å². The molecule has 116 valence electrons. The first-order valence-electron chi connectivity index (χ1n) is 7.45. The fourth-order valence-corrected chi connectivity index (χ4v) is 3.56. The van der Waals surface area contributed by atoms with Gasteiger partial charge in [0.05, 0.1) is 6.20 Å². The number of thiazole rings is 1. The summed E-state index contributed by atoms with van der Waals surface area (Å²) in [7, 11) is 0. The highest BCUT2D eigenvalue weighted by Crippen LogP contribution is 2.25. The number of nitrogens with two attached hydrogens (primary N) is 1. The summed E-state index contributed by atoms with van der Waals surface area (Å²) < 4.78 is 0. The Hall–Kier alpha value is -1.86. The Morgan fingerprint density at radius 2 is 2.32 bits per heavy atom. The number of piperidine rings is 1. The molecule has 2 N–H and O–H groups in total. The molecule has 3 rings (SSSR count). The quantitative estimate of drug-likeness (QED) is 0.935. The molecule has 2 unspecified atom stereocenters. The van der Waals surface area contributed by atoms with Crippen LogP contribution in [0.5, 0.6) is 0 Å². The zero-order chi connectivity index (χ0) is 15.5. The van der Waals surface area contributed by atoms with Gasteiger partial charge >= 0.3 is 0 Å². The largest absolute Gasteiger partial charge is 0.333 e. The highest BCUT2D eigenvalue weighted by molar-refractivity contribution is 7.13. The van der Waals surface area contributed by atoms with Crippen molar-refractivity contribution in [3.8, 4) is 10.7 Å². The minimum absolute atomic E-state index is 0.0256. The Morgan fingerprint density at radius 1 is 1.45 bits per heavy atom. The van der Waals surface area contributed by atoms with E-state index in [-0.39, 0.29) is 18.0 Å². The molecule has 0 aromatic carbocycles. The third kappa shape index (κ3) is 3.00. The molecule has 22 heavy (non-hydrogen) atoms. The van der Waals surface area contributed by atoms with Gasteiger partial charge in [-0.2, -0.15) is 0 Å². The second kappa shape index (κ2) is 6.50. The number of hydrogen-bond donors (Lipinski definition) is 1. The van der Waals surface area contributed by atoms with Crippen LogP contribution in [0.2, 0.25) is 0 Å². The molecule has 0 aliphatic carbocycles. The van der Waals surface area contributed by atoms with Gasteiger partial charge in [-0.25, -0.2) is 4.98 Å². The normalized spacial score (nSPS) is 19.9. The van der Waals surface area contributed by atoms with Crippen molar-refractivity contribution in [3.05, 3.63) is 29.7 Å². The Kier molecular flexibility index (Phi) is 4.44. The molecule has 1 amide bonds. The summed E-state index contributed by atoms with van der Waals surface area (Å²) in [4.78, 5) is 27.3. The van der Waals surface area contributed by atoms with Gasteiger partial charge in [-0.3, -0.25) is 14.8 Å². The molecule has 1 aliphatic heterocycles. The lowest BCUT2D eigenvalue weighted by Crippen LogP contribution is -2.51. The third-order valence-electron chi connectivity index (χ3n) is 3.92. The van der Waals surface area contributed by atoms with Gasteiger partial charge in [-0.15, -0.1) is 11.3 Å². The van der Waals surface area contributed by atoms with Crippen molar-refractivity contribution in [2.24, 2.45) is 5.73 Å². The second-order valence-corrected chi connectivity index (χ2v) is 6.41. The van der Waals surface area contributed by atoms with E-state index in [1.54, 1.807) is 24.0 Å². The third-order valence-corrected chi connectivity index (χ3v) is 4.79. The maximum Gasteiger partial charge on any atom is 0.273 e. The highest BCUT2D eigenvalue weighted by atomic mass is 32.1. The summed E-state index contributed by atoms with van der Waals surface area (Å²) in [5.74, 6) is -0.0339. The van der Waals surface area contributed by atoms with Crippen molar-refractivity contribution < 1.29 is 4.79 Å². The van der Waals surface area contributed by atoms with E-state index in [9.17, 15) is 4.79 Å². The lowest BCUT2D eigenvalue weighted by Gasteiger charge is -2.37. The highest BCUT2D eigenvalue weighted by Gasteiger charge is 2.31. The predicted octanol–water partition coefficient (Wildman–Crippen LogP) is 1.94. The van der Waals surface area contributed by atoms with Crippen LogP contribution in [-0.4, -0.2) is 44.4 Å². The van der Waals surface area contributed by atoms with Crippen LogP contribution in [0, 0.1) is 0 Å². The SMILES string of the molecule is CC(N)C1CCCCN1C(=O)c1csc(-c2cnccn2)n1. The maximum atomic E-state index is 12.7. The van der Waals surface area contributed by atoms with Crippen molar-refractivity contribution >= 4 is 17.2 Å². The number of nitrogens with zero attached hydrogens (tertiary/aromatic N) is 4. The maximum absolute atomic E-state index is 12.7. The molecular formula is C15H19N5OS. The fraction of sp³-hybridized carbons (Fsp3) is 0.467. The van der Waals surface area contributed by atoms with E-state index >= 15 is 0 Å². The summed E-state index contributed by atoms with van der Waals surface area (Å²) >= 11 is 1.41. The molecule has 0 saturated carbocycles. The summed E-state index contributed by atoms with van der Waals surface area (Å²) in [5.41, 5.74) is 7.20. The number of amides is 1. The zero-order valence-corrected chi connectivity index (χ0v) is 13.3. The van der Waals surface area contributed by atoms with Crippen molar-refractivity contribution in [3.63, 3.8) is 0 Å². The van der Waals surface area contributed by atoms with E-state index in [4.69, 9.17) is 5.73 Å². The summed E-state index contributed by atoms with van der Waals surface area (Å²) in [6.07, 6.45) is 8.00. The molecule has 0 bridgehead atoms. The number of aromatic nitrogens is 3. The number of rotatable bonds is 3. The number of carbonyl (C=O) groups excluding carboxylic acids is 1. The number of carbonyl (C=O) groups is 1. The van der Waals surface area contributed by atoms with Crippen molar-refractivity contribution in [1.29, 1.82) is 0 Å². The number of hydrogen-bond acceptors (Lipinski definition) is 6. The molecule has 1 aliphatic rings. The van der Waals surface area contributed by atoms with E-state index in [0.29, 0.717) is 16.4 Å². The molecule has 1 fully saturated rings. The summed E-state index contributed by atoms with van der Waals surface area (Å²) in [6.45, 7) is 2.71. The first-order chi connectivity index (χ1) is 10.7. The Balaban J connectivity index is 1.82. The average Bonchev–Trinajstić information content (AvgIpc) is 3.05. The van der Waals surface area contributed by atoms with Gasteiger partial charge in [0.2, 0.25) is 0 Å². The molecule has 0 spiro atoms. The zero-order valence-electron chi connectivity index (χ0n) is 12.5. The van der Waals surface area contributed by atoms with Crippen LogP contribution < -0.4 is 5.73 Å². The van der Waals surface area contributed by atoms with Gasteiger partial charge in [0, 0.05) is 36.4 Å². The van der Waals surface area contributed by atoms with E-state index in [1.807, 2.05) is 11.8 Å². The van der Waals surface area contributed by atoms with Crippen LogP contribution in [0.4, 0.5) is 0 Å². The van der Waals surface area contributed by atoms with Gasteiger partial charge in [0.25, 0.3) is 5.91 Å². The molecule has 6 nitrogen and oxygen atoms in total. The summed E-state index contributed by atoms with van der Waals surface area (Å²) in [5, 5.41) is 2.50. The molecule has 7 heteroatoms. The molecule has 2 aromatic heterocycles. The van der Waals surface area contributed by atoms with Crippen LogP contribution in [-0.2, 0) is 0 Å². The van der Waals surface area contributed by atoms with Crippen LogP contribution >= 0.6 is 11.3 Å². The average molecular weight is 317 g/mol. The Labute approximate surface area is 133 Å². The van der Waals surface area contributed by atoms with Crippen LogP contribution in [0.1, 0.15) is 36.7 Å². The molecule has 2 atom stereocenters. The van der Waals surface area contributed by atoms with E-state index in [2.05, 4.69) is 15.0 Å². The number of likely N-dealkylation sites (tertiary alicyclic amines) is 1. The first-order valence-corrected chi connectivity index (χ1v) is 8.33. The van der Waals surface area contributed by atoms with Crippen molar-refractivity contribution in [1.82, 2.24) is 19.9 Å². The minimum atomic E-state index is -0.0339. The Morgan fingerprint density at radius 3 is 3.05 bits per heavy atom. The van der Waals surface area contributed by atoms with Crippen LogP contribution in [0.3, 0.4) is 0 Å². The van der Waals surface area contributed by atoms with Crippen molar-refractivity contribution in [2.45, 2.75) is 38.3 Å². The molecular weight excluding hydrogens is 298 g/mol. The van der Waals surface area contributed by atoms with Gasteiger partial charge in [-0.1, -0.05) is 0 Å². The second-order valence-electron chi connectivity index (χ2n) is 5.55.